The van der Waals surface area contributed by atoms with Crippen molar-refractivity contribution < 1.29 is 18.7 Å². The number of carbonyl (C=O) groups is 1. The highest BCUT2D eigenvalue weighted by molar-refractivity contribution is 5.90. The van der Waals surface area contributed by atoms with Crippen LogP contribution in [0.3, 0.4) is 0 Å². The van der Waals surface area contributed by atoms with Gasteiger partial charge in [-0.05, 0) is 29.7 Å². The van der Waals surface area contributed by atoms with E-state index in [1.165, 1.54) is 6.07 Å². The van der Waals surface area contributed by atoms with E-state index in [4.69, 9.17) is 0 Å². The molecular formula is C18H20F2N2O2. The van der Waals surface area contributed by atoms with Crippen LogP contribution >= 0.6 is 0 Å². The highest BCUT2D eigenvalue weighted by atomic mass is 19.1. The van der Waals surface area contributed by atoms with Crippen molar-refractivity contribution in [3.05, 3.63) is 65.2 Å². The third-order valence-electron chi connectivity index (χ3n) is 3.62. The van der Waals surface area contributed by atoms with E-state index in [1.54, 1.807) is 12.1 Å². The Bertz CT molecular complexity index is 700. The molecule has 1 atom stereocenters. The molecule has 0 aliphatic rings. The highest BCUT2D eigenvalue weighted by Gasteiger charge is 2.18. The fourth-order valence-electron chi connectivity index (χ4n) is 2.40. The summed E-state index contributed by atoms with van der Waals surface area (Å²) in [6.45, 7) is 3.69. The summed E-state index contributed by atoms with van der Waals surface area (Å²) in [5, 5.41) is 15.0. The lowest BCUT2D eigenvalue weighted by atomic mass is 10.0. The van der Waals surface area contributed by atoms with E-state index in [0.717, 1.165) is 17.7 Å². The SMILES string of the molecule is CC(C)c1ccccc1NC(=O)NCC(O)c1c(F)cccc1F. The van der Waals surface area contributed by atoms with Crippen molar-refractivity contribution in [1.29, 1.82) is 0 Å². The second-order valence-corrected chi connectivity index (χ2v) is 5.73. The Morgan fingerprint density at radius 1 is 1.08 bits per heavy atom. The zero-order valence-corrected chi connectivity index (χ0v) is 13.5. The predicted octanol–water partition coefficient (Wildman–Crippen LogP) is 3.94. The number of aliphatic hydroxyl groups excluding tert-OH is 1. The molecule has 2 rings (SSSR count). The number of benzene rings is 2. The molecule has 0 fully saturated rings. The molecule has 0 heterocycles. The van der Waals surface area contributed by atoms with E-state index in [1.807, 2.05) is 26.0 Å². The minimum Gasteiger partial charge on any atom is -0.386 e. The average molecular weight is 334 g/mol. The highest BCUT2D eigenvalue weighted by Crippen LogP contribution is 2.24. The fraction of sp³-hybridized carbons (Fsp3) is 0.278. The van der Waals surface area contributed by atoms with Gasteiger partial charge < -0.3 is 15.7 Å². The maximum Gasteiger partial charge on any atom is 0.319 e. The number of urea groups is 1. The normalized spacial score (nSPS) is 12.1. The quantitative estimate of drug-likeness (QED) is 0.775. The maximum atomic E-state index is 13.6. The zero-order chi connectivity index (χ0) is 17.7. The van der Waals surface area contributed by atoms with Crippen LogP contribution in [0.15, 0.2) is 42.5 Å². The van der Waals surface area contributed by atoms with Gasteiger partial charge in [0.15, 0.2) is 0 Å². The summed E-state index contributed by atoms with van der Waals surface area (Å²) >= 11 is 0. The first kappa shape index (κ1) is 17.9. The van der Waals surface area contributed by atoms with Crippen LogP contribution in [0.4, 0.5) is 19.3 Å². The lowest BCUT2D eigenvalue weighted by Gasteiger charge is -2.16. The number of para-hydroxylation sites is 1. The number of aliphatic hydroxyl groups is 1. The summed E-state index contributed by atoms with van der Waals surface area (Å²) in [7, 11) is 0. The summed E-state index contributed by atoms with van der Waals surface area (Å²) < 4.78 is 27.2. The van der Waals surface area contributed by atoms with Crippen molar-refractivity contribution in [2.45, 2.75) is 25.9 Å². The van der Waals surface area contributed by atoms with Gasteiger partial charge in [-0.25, -0.2) is 13.6 Å². The number of carbonyl (C=O) groups excluding carboxylic acids is 1. The van der Waals surface area contributed by atoms with Crippen molar-refractivity contribution in [2.75, 3.05) is 11.9 Å². The van der Waals surface area contributed by atoms with Gasteiger partial charge in [0, 0.05) is 12.2 Å². The number of hydrogen-bond acceptors (Lipinski definition) is 2. The molecule has 2 aromatic rings. The van der Waals surface area contributed by atoms with Crippen LogP contribution in [0, 0.1) is 11.6 Å². The Kier molecular flexibility index (Phi) is 5.87. The Morgan fingerprint density at radius 2 is 1.71 bits per heavy atom. The Morgan fingerprint density at radius 3 is 2.33 bits per heavy atom. The van der Waals surface area contributed by atoms with E-state index in [2.05, 4.69) is 10.6 Å². The van der Waals surface area contributed by atoms with Crippen LogP contribution in [0.25, 0.3) is 0 Å². The van der Waals surface area contributed by atoms with Crippen LogP contribution in [0.5, 0.6) is 0 Å². The second-order valence-electron chi connectivity index (χ2n) is 5.73. The second kappa shape index (κ2) is 7.88. The molecule has 3 N–H and O–H groups in total. The van der Waals surface area contributed by atoms with Crippen molar-refractivity contribution in [3.63, 3.8) is 0 Å². The maximum absolute atomic E-state index is 13.6. The third-order valence-corrected chi connectivity index (χ3v) is 3.62. The number of halogens is 2. The van der Waals surface area contributed by atoms with Gasteiger partial charge in [0.05, 0.1) is 5.56 Å². The summed E-state index contributed by atoms with van der Waals surface area (Å²) in [5.41, 5.74) is 1.16. The lowest BCUT2D eigenvalue weighted by molar-refractivity contribution is 0.166. The van der Waals surface area contributed by atoms with Crippen molar-refractivity contribution in [2.24, 2.45) is 0 Å². The van der Waals surface area contributed by atoms with Gasteiger partial charge in [-0.3, -0.25) is 0 Å². The van der Waals surface area contributed by atoms with Gasteiger partial charge >= 0.3 is 6.03 Å². The van der Waals surface area contributed by atoms with E-state index >= 15 is 0 Å². The molecule has 6 heteroatoms. The lowest BCUT2D eigenvalue weighted by Crippen LogP contribution is -2.33. The number of nitrogens with one attached hydrogen (secondary N) is 2. The van der Waals surface area contributed by atoms with Gasteiger partial charge in [-0.1, -0.05) is 38.1 Å². The summed E-state index contributed by atoms with van der Waals surface area (Å²) in [6, 6.07) is 10.1. The molecule has 0 spiro atoms. The monoisotopic (exact) mass is 334 g/mol. The topological polar surface area (TPSA) is 61.4 Å². The van der Waals surface area contributed by atoms with E-state index in [-0.39, 0.29) is 12.5 Å². The van der Waals surface area contributed by atoms with Crippen LogP contribution in [-0.4, -0.2) is 17.7 Å². The number of amides is 2. The van der Waals surface area contributed by atoms with Gasteiger partial charge in [-0.2, -0.15) is 0 Å². The molecule has 0 aliphatic heterocycles. The molecule has 4 nitrogen and oxygen atoms in total. The van der Waals surface area contributed by atoms with E-state index in [9.17, 15) is 18.7 Å². The van der Waals surface area contributed by atoms with E-state index < -0.39 is 29.3 Å². The minimum atomic E-state index is -1.47. The third kappa shape index (κ3) is 4.29. The molecular weight excluding hydrogens is 314 g/mol. The molecule has 0 aliphatic carbocycles. The molecule has 0 saturated carbocycles. The largest absolute Gasteiger partial charge is 0.386 e. The van der Waals surface area contributed by atoms with Crippen LogP contribution in [-0.2, 0) is 0 Å². The first-order valence-corrected chi connectivity index (χ1v) is 7.66. The van der Waals surface area contributed by atoms with Gasteiger partial charge in [0.2, 0.25) is 0 Å². The molecule has 24 heavy (non-hydrogen) atoms. The van der Waals surface area contributed by atoms with Crippen LogP contribution in [0.2, 0.25) is 0 Å². The summed E-state index contributed by atoms with van der Waals surface area (Å²) in [4.78, 5) is 12.0. The van der Waals surface area contributed by atoms with Gasteiger partial charge in [0.1, 0.15) is 17.7 Å². The smallest absolute Gasteiger partial charge is 0.319 e. The zero-order valence-electron chi connectivity index (χ0n) is 13.5. The van der Waals surface area contributed by atoms with Crippen LogP contribution < -0.4 is 10.6 Å². The predicted molar refractivity (Wildman–Crippen MR) is 88.9 cm³/mol. The average Bonchev–Trinajstić information content (AvgIpc) is 2.53. The van der Waals surface area contributed by atoms with Crippen molar-refractivity contribution in [1.82, 2.24) is 5.32 Å². The molecule has 0 radical (unpaired) electrons. The Labute approximate surface area is 139 Å². The van der Waals surface area contributed by atoms with Crippen molar-refractivity contribution in [3.8, 4) is 0 Å². The molecule has 1 unspecified atom stereocenters. The standard InChI is InChI=1S/C18H20F2N2O2/c1-11(2)12-6-3-4-9-15(12)22-18(24)21-10-16(23)17-13(19)7-5-8-14(17)20/h3-9,11,16,23H,10H2,1-2H3,(H2,21,22,24). The molecule has 128 valence electrons. The van der Waals surface area contributed by atoms with E-state index in [0.29, 0.717) is 5.69 Å². The first-order chi connectivity index (χ1) is 11.4. The van der Waals surface area contributed by atoms with Crippen LogP contribution in [0.1, 0.15) is 37.0 Å². The summed E-state index contributed by atoms with van der Waals surface area (Å²) in [6.07, 6.45) is -1.47. The Balaban J connectivity index is 1.99. The minimum absolute atomic E-state index is 0.222. The molecule has 2 amide bonds. The number of rotatable bonds is 5. The summed E-state index contributed by atoms with van der Waals surface area (Å²) in [5.74, 6) is -1.48. The number of anilines is 1. The molecule has 0 saturated heterocycles. The van der Waals surface area contributed by atoms with Gasteiger partial charge in [-0.15, -0.1) is 0 Å². The Hall–Kier alpha value is -2.47. The number of hydrogen-bond donors (Lipinski definition) is 3. The fourth-order valence-corrected chi connectivity index (χ4v) is 2.40. The molecule has 2 aromatic carbocycles. The van der Waals surface area contributed by atoms with Crippen molar-refractivity contribution >= 4 is 11.7 Å². The van der Waals surface area contributed by atoms with Gasteiger partial charge in [0.25, 0.3) is 0 Å². The molecule has 0 aromatic heterocycles. The first-order valence-electron chi connectivity index (χ1n) is 7.66. The molecule has 0 bridgehead atoms.